The normalized spacial score (nSPS) is 16.9. The molecule has 1 aliphatic heterocycles. The van der Waals surface area contributed by atoms with Crippen LogP contribution in [0.3, 0.4) is 0 Å². The van der Waals surface area contributed by atoms with E-state index in [1.54, 1.807) is 6.07 Å². The van der Waals surface area contributed by atoms with E-state index < -0.39 is 11.7 Å². The van der Waals surface area contributed by atoms with Gasteiger partial charge < -0.3 is 15.8 Å². The molecule has 38 heavy (non-hydrogen) atoms. The molecule has 4 aromatic rings. The van der Waals surface area contributed by atoms with Gasteiger partial charge in [-0.1, -0.05) is 30.4 Å². The number of rotatable bonds is 7. The first kappa shape index (κ1) is 25.3. The number of carbonyl (C=O) groups excluding carboxylic acids is 2. The Morgan fingerprint density at radius 2 is 2.03 bits per heavy atom. The zero-order chi connectivity index (χ0) is 27.0. The Bertz CT molecular complexity index is 1590. The van der Waals surface area contributed by atoms with Crippen LogP contribution < -0.4 is 15.8 Å². The minimum absolute atomic E-state index is 0.0338. The monoisotopic (exact) mass is 532 g/mol. The predicted molar refractivity (Wildman–Crippen MR) is 144 cm³/mol. The molecule has 1 aliphatic rings. The van der Waals surface area contributed by atoms with E-state index in [0.717, 1.165) is 21.5 Å². The van der Waals surface area contributed by atoms with Crippen LogP contribution in [0.2, 0.25) is 0 Å². The Morgan fingerprint density at radius 1 is 1.21 bits per heavy atom. The second kappa shape index (κ2) is 10.2. The van der Waals surface area contributed by atoms with E-state index in [0.29, 0.717) is 16.6 Å². The second-order valence-electron chi connectivity index (χ2n) is 9.11. The molecule has 5 rings (SSSR count). The molecule has 11 heteroatoms. The number of hydrazone groups is 1. The van der Waals surface area contributed by atoms with E-state index >= 15 is 0 Å². The van der Waals surface area contributed by atoms with Gasteiger partial charge in [0.1, 0.15) is 5.56 Å². The maximum absolute atomic E-state index is 14.7. The van der Waals surface area contributed by atoms with E-state index in [1.807, 2.05) is 31.1 Å². The van der Waals surface area contributed by atoms with E-state index in [2.05, 4.69) is 33.4 Å². The summed E-state index contributed by atoms with van der Waals surface area (Å²) in [6.45, 7) is 4.19. The molecule has 9 nitrogen and oxygen atoms in total. The number of carbonyl (C=O) groups is 2. The minimum atomic E-state index is -0.739. The van der Waals surface area contributed by atoms with Crippen LogP contribution in [0.15, 0.2) is 59.8 Å². The summed E-state index contributed by atoms with van der Waals surface area (Å²) in [6, 6.07) is 13.4. The van der Waals surface area contributed by atoms with Gasteiger partial charge in [-0.25, -0.2) is 14.4 Å². The summed E-state index contributed by atoms with van der Waals surface area (Å²) >= 11 is 1.38. The van der Waals surface area contributed by atoms with Gasteiger partial charge in [0.05, 0.1) is 22.7 Å². The van der Waals surface area contributed by atoms with Crippen molar-refractivity contribution in [1.82, 2.24) is 15.0 Å². The molecule has 2 unspecified atom stereocenters. The molecule has 0 spiro atoms. The number of benzene rings is 2. The van der Waals surface area contributed by atoms with Gasteiger partial charge >= 0.3 is 0 Å². The number of amides is 2. The number of nitrogens with one attached hydrogen (secondary N) is 1. The van der Waals surface area contributed by atoms with E-state index in [4.69, 9.17) is 10.5 Å². The number of halogens is 1. The second-order valence-corrected chi connectivity index (χ2v) is 10.1. The van der Waals surface area contributed by atoms with Crippen molar-refractivity contribution >= 4 is 44.2 Å². The molecule has 0 saturated carbocycles. The highest BCUT2D eigenvalue weighted by Gasteiger charge is 2.31. The fraction of sp³-hybridized carbons (Fsp3) is 0.222. The molecule has 0 aliphatic carbocycles. The van der Waals surface area contributed by atoms with Crippen LogP contribution in [0.1, 0.15) is 41.4 Å². The van der Waals surface area contributed by atoms with Crippen molar-refractivity contribution in [2.45, 2.75) is 26.3 Å². The van der Waals surface area contributed by atoms with Crippen molar-refractivity contribution in [3.8, 4) is 11.6 Å². The molecule has 0 saturated heterocycles. The fourth-order valence-electron chi connectivity index (χ4n) is 4.49. The Kier molecular flexibility index (Phi) is 6.77. The maximum atomic E-state index is 14.7. The summed E-state index contributed by atoms with van der Waals surface area (Å²) in [5.74, 6) is -1.71. The molecule has 0 fully saturated rings. The van der Waals surface area contributed by atoms with Gasteiger partial charge in [-0.15, -0.1) is 0 Å². The van der Waals surface area contributed by atoms with Crippen LogP contribution in [0.5, 0.6) is 11.6 Å². The van der Waals surface area contributed by atoms with Gasteiger partial charge in [-0.3, -0.25) is 14.6 Å². The quantitative estimate of drug-likeness (QED) is 0.349. The molecule has 0 radical (unpaired) electrons. The number of ether oxygens (including phenoxy) is 1. The lowest BCUT2D eigenvalue weighted by Crippen LogP contribution is -2.20. The third-order valence-electron chi connectivity index (χ3n) is 6.45. The van der Waals surface area contributed by atoms with Crippen LogP contribution in [0, 0.1) is 11.7 Å². The van der Waals surface area contributed by atoms with Crippen molar-refractivity contribution < 1.29 is 18.7 Å². The Morgan fingerprint density at radius 3 is 2.74 bits per heavy atom. The molecular weight excluding hydrogens is 507 g/mol. The first-order valence-electron chi connectivity index (χ1n) is 11.9. The third kappa shape index (κ3) is 5.05. The van der Waals surface area contributed by atoms with Gasteiger partial charge in [0.2, 0.25) is 11.8 Å². The SMILES string of the molecule is CC1=NN(C)C(c2ccc3sc(NC(=O)Cc4ccc(Oc5ncccc5C(N)=O)c(F)c4)nc3c2)C1C. The highest BCUT2D eigenvalue weighted by molar-refractivity contribution is 7.22. The lowest BCUT2D eigenvalue weighted by Gasteiger charge is -2.23. The Balaban J connectivity index is 1.26. The number of nitrogens with two attached hydrogens (primary N) is 1. The number of anilines is 1. The predicted octanol–water partition coefficient (Wildman–Crippen LogP) is 4.90. The summed E-state index contributed by atoms with van der Waals surface area (Å²) in [5.41, 5.74) is 8.80. The third-order valence-corrected chi connectivity index (χ3v) is 7.41. The summed E-state index contributed by atoms with van der Waals surface area (Å²) < 4.78 is 21.1. The van der Waals surface area contributed by atoms with Crippen LogP contribution in [-0.2, 0) is 11.2 Å². The summed E-state index contributed by atoms with van der Waals surface area (Å²) in [4.78, 5) is 32.8. The van der Waals surface area contributed by atoms with Gasteiger partial charge in [0.15, 0.2) is 16.7 Å². The van der Waals surface area contributed by atoms with Crippen LogP contribution in [-0.4, -0.2) is 39.6 Å². The standard InChI is InChI=1S/C27H25FN6O3S/c1-14-15(2)33-34(3)24(14)17-7-9-22-20(13-17)31-27(38-22)32-23(35)12-16-6-8-21(19(28)11-16)37-26-18(25(29)36)5-4-10-30-26/h4-11,13-14,24H,12H2,1-3H3,(H2,29,36)(H,31,32,35). The molecule has 2 aromatic heterocycles. The molecular formula is C27H25FN6O3S. The number of pyridine rings is 1. The van der Waals surface area contributed by atoms with Crippen molar-refractivity contribution in [2.75, 3.05) is 12.4 Å². The van der Waals surface area contributed by atoms with Crippen LogP contribution in [0.4, 0.5) is 9.52 Å². The topological polar surface area (TPSA) is 123 Å². The first-order valence-corrected chi connectivity index (χ1v) is 12.7. The lowest BCUT2D eigenvalue weighted by atomic mass is 9.92. The number of aromatic nitrogens is 2. The number of thiazole rings is 1. The summed E-state index contributed by atoms with van der Waals surface area (Å²) in [5, 5.41) is 9.80. The first-order chi connectivity index (χ1) is 18.2. The molecule has 3 N–H and O–H groups in total. The largest absolute Gasteiger partial charge is 0.435 e. The van der Waals surface area contributed by atoms with Gasteiger partial charge in [0, 0.05) is 24.9 Å². The molecule has 2 amide bonds. The molecule has 0 bridgehead atoms. The average molecular weight is 533 g/mol. The maximum Gasteiger partial charge on any atom is 0.254 e. The highest BCUT2D eigenvalue weighted by Crippen LogP contribution is 2.36. The van der Waals surface area contributed by atoms with E-state index in [9.17, 15) is 14.0 Å². The minimum Gasteiger partial charge on any atom is -0.435 e. The van der Waals surface area contributed by atoms with Crippen LogP contribution in [0.25, 0.3) is 10.2 Å². The average Bonchev–Trinajstić information content (AvgIpc) is 3.38. The Hall–Kier alpha value is -4.38. The summed E-state index contributed by atoms with van der Waals surface area (Å²) in [7, 11) is 1.97. The number of nitrogens with zero attached hydrogens (tertiary/aromatic N) is 4. The highest BCUT2D eigenvalue weighted by atomic mass is 32.1. The molecule has 2 atom stereocenters. The van der Waals surface area contributed by atoms with Crippen LogP contribution >= 0.6 is 11.3 Å². The van der Waals surface area contributed by atoms with Crippen molar-refractivity contribution in [1.29, 1.82) is 0 Å². The van der Waals surface area contributed by atoms with Crippen molar-refractivity contribution in [2.24, 2.45) is 16.8 Å². The number of hydrogen-bond donors (Lipinski definition) is 2. The Labute approximate surface area is 222 Å². The fourth-order valence-corrected chi connectivity index (χ4v) is 5.35. The molecule has 3 heterocycles. The number of fused-ring (bicyclic) bond motifs is 1. The van der Waals surface area contributed by atoms with E-state index in [-0.39, 0.29) is 35.6 Å². The lowest BCUT2D eigenvalue weighted by molar-refractivity contribution is -0.115. The van der Waals surface area contributed by atoms with Gasteiger partial charge in [0.25, 0.3) is 5.91 Å². The summed E-state index contributed by atoms with van der Waals surface area (Å²) in [6.07, 6.45) is 1.35. The van der Waals surface area contributed by atoms with Gasteiger partial charge in [-0.05, 0) is 54.4 Å². The smallest absolute Gasteiger partial charge is 0.254 e. The van der Waals surface area contributed by atoms with E-state index in [1.165, 1.54) is 41.8 Å². The zero-order valence-corrected chi connectivity index (χ0v) is 21.8. The van der Waals surface area contributed by atoms with Crippen molar-refractivity contribution in [3.05, 3.63) is 77.2 Å². The van der Waals surface area contributed by atoms with Gasteiger partial charge in [-0.2, -0.15) is 5.10 Å². The van der Waals surface area contributed by atoms with Crippen molar-refractivity contribution in [3.63, 3.8) is 0 Å². The molecule has 194 valence electrons. The number of hydrogen-bond acceptors (Lipinski definition) is 8. The number of primary amides is 1. The molecule has 2 aromatic carbocycles. The zero-order valence-electron chi connectivity index (χ0n) is 20.9.